The van der Waals surface area contributed by atoms with E-state index in [0.717, 1.165) is 53.4 Å². The van der Waals surface area contributed by atoms with Crippen LogP contribution < -0.4 is 4.74 Å². The fourth-order valence-electron chi connectivity index (χ4n) is 4.84. The predicted octanol–water partition coefficient (Wildman–Crippen LogP) is 8.85. The highest BCUT2D eigenvalue weighted by Crippen LogP contribution is 2.31. The summed E-state index contributed by atoms with van der Waals surface area (Å²) in [5.74, 6) is 0.251. The zero-order valence-electron chi connectivity index (χ0n) is 25.8. The first kappa shape index (κ1) is 31.7. The van der Waals surface area contributed by atoms with Crippen LogP contribution in [-0.4, -0.2) is 29.7 Å². The van der Waals surface area contributed by atoms with Gasteiger partial charge in [0.15, 0.2) is 0 Å². The number of hydrogen-bond acceptors (Lipinski definition) is 4. The number of carbonyl (C=O) groups is 2. The summed E-state index contributed by atoms with van der Waals surface area (Å²) in [7, 11) is 0. The highest BCUT2D eigenvalue weighted by atomic mass is 16.5. The molecule has 0 saturated carbocycles. The van der Waals surface area contributed by atoms with Crippen LogP contribution in [0.3, 0.4) is 0 Å². The predicted molar refractivity (Wildman–Crippen MR) is 169 cm³/mol. The molecule has 2 aromatic carbocycles. The van der Waals surface area contributed by atoms with E-state index in [2.05, 4.69) is 39.8 Å². The van der Waals surface area contributed by atoms with E-state index in [1.54, 1.807) is 4.57 Å². The average molecular weight is 556 g/mol. The third kappa shape index (κ3) is 9.07. The molecule has 0 radical (unpaired) electrons. The van der Waals surface area contributed by atoms with E-state index in [4.69, 9.17) is 9.47 Å². The number of esters is 1. The average Bonchev–Trinajstić information content (AvgIpc) is 3.19. The molecule has 0 aliphatic heterocycles. The minimum Gasteiger partial charge on any atom is -0.494 e. The van der Waals surface area contributed by atoms with Crippen LogP contribution in [0.5, 0.6) is 5.75 Å². The molecular weight excluding hydrogens is 510 g/mol. The molecule has 1 aromatic heterocycles. The van der Waals surface area contributed by atoms with Gasteiger partial charge in [-0.05, 0) is 116 Å². The summed E-state index contributed by atoms with van der Waals surface area (Å²) in [4.78, 5) is 26.5. The number of benzene rings is 2. The van der Waals surface area contributed by atoms with Crippen LogP contribution in [0.15, 0.2) is 77.4 Å². The van der Waals surface area contributed by atoms with Crippen molar-refractivity contribution < 1.29 is 19.1 Å². The fraction of sp³-hybridized carbons (Fsp3) is 0.389. The van der Waals surface area contributed by atoms with Crippen molar-refractivity contribution in [1.82, 2.24) is 4.57 Å². The van der Waals surface area contributed by atoms with Crippen molar-refractivity contribution in [3.63, 3.8) is 0 Å². The monoisotopic (exact) mass is 555 g/mol. The van der Waals surface area contributed by atoms with Gasteiger partial charge in [-0.3, -0.25) is 14.2 Å². The van der Waals surface area contributed by atoms with Crippen molar-refractivity contribution in [2.24, 2.45) is 0 Å². The number of rotatable bonds is 13. The van der Waals surface area contributed by atoms with E-state index in [9.17, 15) is 9.59 Å². The van der Waals surface area contributed by atoms with Crippen LogP contribution in [0.4, 0.5) is 0 Å². The van der Waals surface area contributed by atoms with Crippen molar-refractivity contribution in [2.45, 2.75) is 80.6 Å². The second kappa shape index (κ2) is 15.2. The van der Waals surface area contributed by atoms with Gasteiger partial charge < -0.3 is 9.47 Å². The van der Waals surface area contributed by atoms with E-state index in [0.29, 0.717) is 17.9 Å². The quantitative estimate of drug-likeness (QED) is 0.156. The molecule has 5 heteroatoms. The lowest BCUT2D eigenvalue weighted by Gasteiger charge is -2.08. The molecular formula is C36H45NO4. The lowest BCUT2D eigenvalue weighted by molar-refractivity contribution is -0.141. The van der Waals surface area contributed by atoms with Crippen molar-refractivity contribution in [2.75, 3.05) is 13.2 Å². The van der Waals surface area contributed by atoms with Gasteiger partial charge in [0.25, 0.3) is 5.91 Å². The minimum atomic E-state index is -0.323. The zero-order valence-corrected chi connectivity index (χ0v) is 25.8. The maximum absolute atomic E-state index is 13.6. The first-order chi connectivity index (χ1) is 19.6. The number of aromatic nitrogens is 1. The van der Waals surface area contributed by atoms with Gasteiger partial charge in [-0.15, -0.1) is 0 Å². The number of ether oxygens (including phenoxy) is 2. The Labute approximate surface area is 245 Å². The number of hydrogen-bond donors (Lipinski definition) is 0. The summed E-state index contributed by atoms with van der Waals surface area (Å²) < 4.78 is 13.0. The van der Waals surface area contributed by atoms with Gasteiger partial charge in [0.2, 0.25) is 0 Å². The molecule has 218 valence electrons. The van der Waals surface area contributed by atoms with Crippen molar-refractivity contribution in [1.29, 1.82) is 0 Å². The number of nitrogens with zero attached hydrogens (tertiary/aromatic N) is 1. The van der Waals surface area contributed by atoms with Gasteiger partial charge in [-0.2, -0.15) is 0 Å². The van der Waals surface area contributed by atoms with Gasteiger partial charge in [-0.25, -0.2) is 0 Å². The fourth-order valence-corrected chi connectivity index (χ4v) is 4.84. The second-order valence-electron chi connectivity index (χ2n) is 11.0. The van der Waals surface area contributed by atoms with Crippen LogP contribution in [0, 0.1) is 13.8 Å². The maximum Gasteiger partial charge on any atom is 0.310 e. The molecule has 0 bridgehead atoms. The third-order valence-electron chi connectivity index (χ3n) is 7.24. The molecule has 0 spiro atoms. The molecule has 41 heavy (non-hydrogen) atoms. The largest absolute Gasteiger partial charge is 0.494 e. The Bertz CT molecular complexity index is 1450. The van der Waals surface area contributed by atoms with E-state index >= 15 is 0 Å². The van der Waals surface area contributed by atoms with Gasteiger partial charge in [-0.1, -0.05) is 46.6 Å². The van der Waals surface area contributed by atoms with Crippen molar-refractivity contribution in [3.05, 3.63) is 99.8 Å². The topological polar surface area (TPSA) is 57.5 Å². The van der Waals surface area contributed by atoms with Crippen molar-refractivity contribution >= 4 is 22.8 Å². The SMILES string of the molecule is CCOc1ccc2c(c1)c(CC(=O)OC/C=C(\C)CC/C=C(\C)CCC=C(C)C)c(C)n2C(=O)c1ccc(C)cc1. The maximum atomic E-state index is 13.6. The summed E-state index contributed by atoms with van der Waals surface area (Å²) >= 11 is 0. The van der Waals surface area contributed by atoms with Crippen LogP contribution >= 0.6 is 0 Å². The van der Waals surface area contributed by atoms with Gasteiger partial charge in [0.05, 0.1) is 18.5 Å². The number of carbonyl (C=O) groups excluding carboxylic acids is 2. The molecule has 5 nitrogen and oxygen atoms in total. The summed E-state index contributed by atoms with van der Waals surface area (Å²) in [6.07, 6.45) is 10.7. The molecule has 0 amide bonds. The van der Waals surface area contributed by atoms with Crippen molar-refractivity contribution in [3.8, 4) is 5.75 Å². The van der Waals surface area contributed by atoms with E-state index < -0.39 is 0 Å². The lowest BCUT2D eigenvalue weighted by Crippen LogP contribution is -2.14. The van der Waals surface area contributed by atoms with E-state index in [1.807, 2.05) is 69.3 Å². The molecule has 0 N–H and O–H groups in total. The smallest absolute Gasteiger partial charge is 0.310 e. The highest BCUT2D eigenvalue weighted by molar-refractivity contribution is 6.05. The standard InChI is InChI=1S/C36H45NO4/c1-8-40-31-19-20-34-33(23-31)32(29(7)37(34)36(39)30-17-15-28(6)16-18-30)24-35(38)41-22-21-27(5)14-10-13-26(4)12-9-11-25(2)3/h11,13,15-21,23H,8-10,12,14,22,24H2,1-7H3/b26-13+,27-21+. The summed E-state index contributed by atoms with van der Waals surface area (Å²) in [5.41, 5.74) is 7.91. The molecule has 0 saturated heterocycles. The van der Waals surface area contributed by atoms with Gasteiger partial charge >= 0.3 is 5.97 Å². The number of fused-ring (bicyclic) bond motifs is 1. The summed E-state index contributed by atoms with van der Waals surface area (Å²) in [6, 6.07) is 13.2. The van der Waals surface area contributed by atoms with Gasteiger partial charge in [0.1, 0.15) is 12.4 Å². The van der Waals surface area contributed by atoms with Crippen LogP contribution in [0.2, 0.25) is 0 Å². The first-order valence-corrected chi connectivity index (χ1v) is 14.6. The molecule has 0 unspecified atom stereocenters. The number of allylic oxidation sites excluding steroid dienone is 5. The molecule has 0 aliphatic rings. The van der Waals surface area contributed by atoms with Gasteiger partial charge in [0, 0.05) is 16.6 Å². The Hall–Kier alpha value is -3.86. The van der Waals surface area contributed by atoms with Crippen LogP contribution in [-0.2, 0) is 16.0 Å². The Balaban J connectivity index is 1.70. The summed E-state index contributed by atoms with van der Waals surface area (Å²) in [5, 5.41) is 0.823. The molecule has 0 fully saturated rings. The summed E-state index contributed by atoms with van der Waals surface area (Å²) in [6.45, 7) is 15.1. The highest BCUT2D eigenvalue weighted by Gasteiger charge is 2.22. The van der Waals surface area contributed by atoms with Crippen LogP contribution in [0.25, 0.3) is 10.9 Å². The second-order valence-corrected chi connectivity index (χ2v) is 11.0. The van der Waals surface area contributed by atoms with E-state index in [1.165, 1.54) is 16.7 Å². The van der Waals surface area contributed by atoms with Crippen LogP contribution in [0.1, 0.15) is 87.5 Å². The third-order valence-corrected chi connectivity index (χ3v) is 7.24. The first-order valence-electron chi connectivity index (χ1n) is 14.6. The molecule has 0 aliphatic carbocycles. The Morgan fingerprint density at radius 3 is 2.17 bits per heavy atom. The van der Waals surface area contributed by atoms with E-state index in [-0.39, 0.29) is 24.9 Å². The minimum absolute atomic E-state index is 0.0760. The number of aryl methyl sites for hydroxylation is 1. The molecule has 1 heterocycles. The molecule has 0 atom stereocenters. The Kier molecular flexibility index (Phi) is 11.8. The molecule has 3 aromatic rings. The Morgan fingerprint density at radius 2 is 1.51 bits per heavy atom. The zero-order chi connectivity index (χ0) is 29.9. The normalized spacial score (nSPS) is 12.0. The molecule has 3 rings (SSSR count). The lowest BCUT2D eigenvalue weighted by atomic mass is 10.1. The Morgan fingerprint density at radius 1 is 0.854 bits per heavy atom.